The summed E-state index contributed by atoms with van der Waals surface area (Å²) in [6, 6.07) is 0. The quantitative estimate of drug-likeness (QED) is 0.809. The lowest BCUT2D eigenvalue weighted by molar-refractivity contribution is 0.312. The van der Waals surface area contributed by atoms with Crippen LogP contribution in [0.2, 0.25) is 0 Å². The predicted molar refractivity (Wildman–Crippen MR) is 62.7 cm³/mol. The highest BCUT2D eigenvalue weighted by Crippen LogP contribution is 2.24. The number of piperazine rings is 1. The van der Waals surface area contributed by atoms with Gasteiger partial charge in [0, 0.05) is 26.2 Å². The molecule has 0 aromatic carbocycles. The largest absolute Gasteiger partial charge is 0.354 e. The molecule has 1 fully saturated rings. The second-order valence-corrected chi connectivity index (χ2v) is 4.84. The molecule has 2 heterocycles. The molecule has 0 bridgehead atoms. The van der Waals surface area contributed by atoms with Crippen LogP contribution in [0.15, 0.2) is 6.20 Å². The van der Waals surface area contributed by atoms with E-state index >= 15 is 0 Å². The van der Waals surface area contributed by atoms with Gasteiger partial charge in [-0.1, -0.05) is 23.2 Å². The number of aromatic nitrogens is 2. The molecule has 0 amide bonds. The maximum Gasteiger partial charge on any atom is 0.165 e. The SMILES string of the molecule is CN1CCN(c2cnc(C(Cl)Cl)[nH]2)CC1. The van der Waals surface area contributed by atoms with E-state index in [0.717, 1.165) is 32.0 Å². The van der Waals surface area contributed by atoms with Gasteiger partial charge in [-0.25, -0.2) is 4.98 Å². The van der Waals surface area contributed by atoms with Crippen LogP contribution < -0.4 is 4.90 Å². The average molecular weight is 249 g/mol. The Morgan fingerprint density at radius 1 is 1.33 bits per heavy atom. The molecule has 1 aliphatic rings. The van der Waals surface area contributed by atoms with Crippen LogP contribution in [0.1, 0.15) is 10.7 Å². The highest BCUT2D eigenvalue weighted by atomic mass is 35.5. The van der Waals surface area contributed by atoms with Gasteiger partial charge in [-0.05, 0) is 7.05 Å². The molecular formula is C9H14Cl2N4. The summed E-state index contributed by atoms with van der Waals surface area (Å²) >= 11 is 11.4. The van der Waals surface area contributed by atoms with Crippen molar-refractivity contribution in [2.75, 3.05) is 38.1 Å². The summed E-state index contributed by atoms with van der Waals surface area (Å²) in [6.45, 7) is 4.15. The van der Waals surface area contributed by atoms with E-state index < -0.39 is 4.84 Å². The van der Waals surface area contributed by atoms with Gasteiger partial charge < -0.3 is 14.8 Å². The molecule has 6 heteroatoms. The molecule has 0 spiro atoms. The molecule has 0 saturated carbocycles. The van der Waals surface area contributed by atoms with E-state index in [2.05, 4.69) is 26.8 Å². The van der Waals surface area contributed by atoms with E-state index in [9.17, 15) is 0 Å². The second kappa shape index (κ2) is 4.60. The van der Waals surface area contributed by atoms with Crippen molar-refractivity contribution in [1.82, 2.24) is 14.9 Å². The Labute approximate surface area is 99.2 Å². The normalized spacial score (nSPS) is 18.8. The van der Waals surface area contributed by atoms with E-state index in [1.807, 2.05) is 0 Å². The zero-order valence-electron chi connectivity index (χ0n) is 8.58. The van der Waals surface area contributed by atoms with E-state index in [4.69, 9.17) is 23.2 Å². The number of nitrogens with one attached hydrogen (secondary N) is 1. The highest BCUT2D eigenvalue weighted by Gasteiger charge is 2.17. The van der Waals surface area contributed by atoms with Crippen LogP contribution in [0.4, 0.5) is 5.82 Å². The van der Waals surface area contributed by atoms with E-state index in [1.54, 1.807) is 6.20 Å². The Balaban J connectivity index is 2.03. The first-order valence-corrected chi connectivity index (χ1v) is 5.80. The smallest absolute Gasteiger partial charge is 0.165 e. The van der Waals surface area contributed by atoms with Crippen molar-refractivity contribution in [3.05, 3.63) is 12.0 Å². The van der Waals surface area contributed by atoms with Crippen molar-refractivity contribution in [2.45, 2.75) is 4.84 Å². The lowest BCUT2D eigenvalue weighted by atomic mass is 10.3. The van der Waals surface area contributed by atoms with Crippen molar-refractivity contribution in [3.63, 3.8) is 0 Å². The monoisotopic (exact) mass is 248 g/mol. The lowest BCUT2D eigenvalue weighted by Gasteiger charge is -2.32. The van der Waals surface area contributed by atoms with E-state index in [0.29, 0.717) is 5.82 Å². The fourth-order valence-corrected chi connectivity index (χ4v) is 1.87. The van der Waals surface area contributed by atoms with Crippen LogP contribution in [0.25, 0.3) is 0 Å². The number of likely N-dealkylation sites (N-methyl/N-ethyl adjacent to an activating group) is 1. The summed E-state index contributed by atoms with van der Waals surface area (Å²) in [4.78, 5) is 11.2. The molecule has 2 rings (SSSR count). The van der Waals surface area contributed by atoms with Crippen molar-refractivity contribution >= 4 is 29.0 Å². The molecule has 0 aliphatic carbocycles. The van der Waals surface area contributed by atoms with Crippen LogP contribution in [0.3, 0.4) is 0 Å². The number of halogens is 2. The third-order valence-corrected chi connectivity index (χ3v) is 3.05. The molecule has 1 aromatic heterocycles. The summed E-state index contributed by atoms with van der Waals surface area (Å²) < 4.78 is 0. The minimum atomic E-state index is -0.578. The molecule has 0 atom stereocenters. The number of hydrogen-bond donors (Lipinski definition) is 1. The Kier molecular flexibility index (Phi) is 3.38. The topological polar surface area (TPSA) is 35.2 Å². The molecule has 0 radical (unpaired) electrons. The van der Waals surface area contributed by atoms with Crippen molar-refractivity contribution < 1.29 is 0 Å². The number of anilines is 1. The molecular weight excluding hydrogens is 235 g/mol. The number of H-pyrrole nitrogens is 1. The first kappa shape index (κ1) is 11.0. The van der Waals surface area contributed by atoms with Gasteiger partial charge in [-0.15, -0.1) is 0 Å². The average Bonchev–Trinajstić information content (AvgIpc) is 2.68. The molecule has 4 nitrogen and oxygen atoms in total. The highest BCUT2D eigenvalue weighted by molar-refractivity contribution is 6.43. The van der Waals surface area contributed by atoms with Gasteiger partial charge in [-0.3, -0.25) is 0 Å². The van der Waals surface area contributed by atoms with Gasteiger partial charge >= 0.3 is 0 Å². The minimum absolute atomic E-state index is 0.578. The van der Waals surface area contributed by atoms with E-state index in [1.165, 1.54) is 0 Å². The summed E-state index contributed by atoms with van der Waals surface area (Å²) in [5.41, 5.74) is 0. The summed E-state index contributed by atoms with van der Waals surface area (Å²) in [7, 11) is 2.13. The summed E-state index contributed by atoms with van der Waals surface area (Å²) in [5, 5.41) is 0. The van der Waals surface area contributed by atoms with Crippen LogP contribution >= 0.6 is 23.2 Å². The molecule has 84 valence electrons. The molecule has 1 saturated heterocycles. The zero-order chi connectivity index (χ0) is 10.8. The van der Waals surface area contributed by atoms with Gasteiger partial charge in [0.2, 0.25) is 0 Å². The number of imidazole rings is 1. The lowest BCUT2D eigenvalue weighted by Crippen LogP contribution is -2.44. The summed E-state index contributed by atoms with van der Waals surface area (Å²) in [5.74, 6) is 1.62. The summed E-state index contributed by atoms with van der Waals surface area (Å²) in [6.07, 6.45) is 1.79. The molecule has 1 aromatic rings. The maximum atomic E-state index is 5.72. The van der Waals surface area contributed by atoms with Gasteiger partial charge in [0.1, 0.15) is 11.6 Å². The van der Waals surface area contributed by atoms with Crippen LogP contribution in [-0.4, -0.2) is 48.1 Å². The van der Waals surface area contributed by atoms with Gasteiger partial charge in [0.15, 0.2) is 4.84 Å². The van der Waals surface area contributed by atoms with Crippen molar-refractivity contribution in [1.29, 1.82) is 0 Å². The first-order chi connectivity index (χ1) is 7.16. The number of rotatable bonds is 2. The molecule has 15 heavy (non-hydrogen) atoms. The predicted octanol–water partition coefficient (Wildman–Crippen LogP) is 1.64. The molecule has 0 unspecified atom stereocenters. The van der Waals surface area contributed by atoms with Crippen LogP contribution in [0, 0.1) is 0 Å². The maximum absolute atomic E-state index is 5.72. The molecule has 1 N–H and O–H groups in total. The Hall–Kier alpha value is -0.450. The Morgan fingerprint density at radius 2 is 2.00 bits per heavy atom. The zero-order valence-corrected chi connectivity index (χ0v) is 10.1. The Bertz CT molecular complexity index is 318. The number of hydrogen-bond acceptors (Lipinski definition) is 3. The third kappa shape index (κ3) is 2.56. The van der Waals surface area contributed by atoms with Crippen molar-refractivity contribution in [2.24, 2.45) is 0 Å². The number of alkyl halides is 2. The molecule has 1 aliphatic heterocycles. The fourth-order valence-electron chi connectivity index (χ4n) is 1.65. The van der Waals surface area contributed by atoms with Crippen LogP contribution in [0.5, 0.6) is 0 Å². The number of nitrogens with zero attached hydrogens (tertiary/aromatic N) is 3. The van der Waals surface area contributed by atoms with Crippen molar-refractivity contribution in [3.8, 4) is 0 Å². The van der Waals surface area contributed by atoms with Gasteiger partial charge in [0.25, 0.3) is 0 Å². The van der Waals surface area contributed by atoms with Gasteiger partial charge in [-0.2, -0.15) is 0 Å². The third-order valence-electron chi connectivity index (χ3n) is 2.63. The fraction of sp³-hybridized carbons (Fsp3) is 0.667. The second-order valence-electron chi connectivity index (χ2n) is 3.74. The van der Waals surface area contributed by atoms with Crippen LogP contribution in [-0.2, 0) is 0 Å². The van der Waals surface area contributed by atoms with E-state index in [-0.39, 0.29) is 0 Å². The minimum Gasteiger partial charge on any atom is -0.354 e. The standard InChI is InChI=1S/C9H14Cl2N4/c1-14-2-4-15(5-3-14)7-6-12-9(13-7)8(10)11/h6,8H,2-5H2,1H3,(H,12,13). The van der Waals surface area contributed by atoms with Gasteiger partial charge in [0.05, 0.1) is 6.20 Å². The first-order valence-electron chi connectivity index (χ1n) is 4.93. The number of aromatic amines is 1. The Morgan fingerprint density at radius 3 is 2.53 bits per heavy atom.